The van der Waals surface area contributed by atoms with Crippen molar-refractivity contribution >= 4 is 56.5 Å². The molecule has 8 nitrogen and oxygen atoms in total. The highest BCUT2D eigenvalue weighted by atomic mass is 35.5. The lowest BCUT2D eigenvalue weighted by molar-refractivity contribution is -0.147. The molecule has 40 heavy (non-hydrogen) atoms. The normalized spacial score (nSPS) is 18.3. The number of rotatable bonds is 10. The number of thiophene rings is 1. The minimum atomic E-state index is -4.09. The zero-order valence-corrected chi connectivity index (χ0v) is 25.5. The molecule has 1 aliphatic rings. The Bertz CT molecular complexity index is 1460. The second-order valence-electron chi connectivity index (χ2n) is 10.2. The average Bonchev–Trinajstić information content (AvgIpc) is 3.50. The zero-order valence-electron chi connectivity index (χ0n) is 22.3. The minimum absolute atomic E-state index is 0.0264. The summed E-state index contributed by atoms with van der Waals surface area (Å²) in [4.78, 5) is 28.5. The molecule has 2 heterocycles. The number of amides is 2. The van der Waals surface area contributed by atoms with Gasteiger partial charge in [0.15, 0.2) is 0 Å². The number of nitrogens with zero attached hydrogens (tertiary/aromatic N) is 1. The van der Waals surface area contributed by atoms with Crippen molar-refractivity contribution in [3.8, 4) is 0 Å². The highest BCUT2D eigenvalue weighted by Crippen LogP contribution is 2.40. The largest absolute Gasteiger partial charge is 0.382 e. The van der Waals surface area contributed by atoms with Crippen LogP contribution in [0.25, 0.3) is 0 Å². The van der Waals surface area contributed by atoms with Crippen LogP contribution in [0.1, 0.15) is 30.5 Å². The number of hydrogen-bond donors (Lipinski definition) is 3. The van der Waals surface area contributed by atoms with Gasteiger partial charge in [0.25, 0.3) is 5.91 Å². The molecule has 2 amide bonds. The lowest BCUT2D eigenvalue weighted by Gasteiger charge is -2.33. The van der Waals surface area contributed by atoms with Crippen molar-refractivity contribution in [3.05, 3.63) is 87.8 Å². The predicted molar refractivity (Wildman–Crippen MR) is 160 cm³/mol. The molecule has 214 valence electrons. The van der Waals surface area contributed by atoms with Crippen molar-refractivity contribution < 1.29 is 23.1 Å². The summed E-state index contributed by atoms with van der Waals surface area (Å²) in [6, 6.07) is 17.5. The Morgan fingerprint density at radius 3 is 2.42 bits per heavy atom. The number of aryl methyl sites for hydroxylation is 1. The second-order valence-corrected chi connectivity index (χ2v) is 15.4. The van der Waals surface area contributed by atoms with Crippen LogP contribution in [0.4, 0.5) is 0 Å². The van der Waals surface area contributed by atoms with Crippen LogP contribution in [0, 0.1) is 6.92 Å². The van der Waals surface area contributed by atoms with Crippen molar-refractivity contribution in [1.82, 2.24) is 14.9 Å². The Kier molecular flexibility index (Phi) is 9.64. The Morgan fingerprint density at radius 2 is 1.77 bits per heavy atom. The van der Waals surface area contributed by atoms with Crippen LogP contribution < -0.4 is 10.0 Å². The van der Waals surface area contributed by atoms with Gasteiger partial charge in [-0.3, -0.25) is 9.59 Å². The summed E-state index contributed by atoms with van der Waals surface area (Å²) in [7, 11) is -4.09. The molecule has 1 saturated heterocycles. The van der Waals surface area contributed by atoms with Gasteiger partial charge in [0, 0.05) is 11.3 Å². The third-order valence-corrected chi connectivity index (χ3v) is 11.4. The van der Waals surface area contributed by atoms with Gasteiger partial charge in [-0.25, -0.2) is 13.1 Å². The van der Waals surface area contributed by atoms with Crippen molar-refractivity contribution in [3.63, 3.8) is 0 Å². The molecule has 12 heteroatoms. The minimum Gasteiger partial charge on any atom is -0.382 e. The van der Waals surface area contributed by atoms with E-state index in [-0.39, 0.29) is 22.4 Å². The van der Waals surface area contributed by atoms with Gasteiger partial charge in [-0.05, 0) is 56.0 Å². The Hall–Kier alpha value is -2.41. The molecular formula is C28H32ClN3O5S3. The summed E-state index contributed by atoms with van der Waals surface area (Å²) in [5.41, 5.74) is 2.73. The summed E-state index contributed by atoms with van der Waals surface area (Å²) in [6.07, 6.45) is -1.69. The van der Waals surface area contributed by atoms with E-state index in [9.17, 15) is 23.1 Å². The molecule has 1 aliphatic heterocycles. The molecular weight excluding hydrogens is 590 g/mol. The number of aliphatic hydroxyl groups excluding tert-OH is 1. The number of aliphatic hydroxyl groups is 1. The second kappa shape index (κ2) is 12.6. The van der Waals surface area contributed by atoms with Gasteiger partial charge in [-0.1, -0.05) is 66.2 Å². The number of carbonyl (C=O) groups excluding carboxylic acids is 2. The van der Waals surface area contributed by atoms with Crippen molar-refractivity contribution in [2.75, 3.05) is 5.88 Å². The van der Waals surface area contributed by atoms with E-state index in [2.05, 4.69) is 10.0 Å². The van der Waals surface area contributed by atoms with Crippen molar-refractivity contribution in [2.24, 2.45) is 0 Å². The molecule has 1 aromatic heterocycles. The number of nitrogens with one attached hydrogen (secondary N) is 2. The van der Waals surface area contributed by atoms with Crippen LogP contribution in [0.3, 0.4) is 0 Å². The third-order valence-electron chi connectivity index (χ3n) is 6.84. The number of halogens is 1. The van der Waals surface area contributed by atoms with E-state index in [1.807, 2.05) is 51.1 Å². The summed E-state index contributed by atoms with van der Waals surface area (Å²) in [5, 5.41) is 14.3. The topological polar surface area (TPSA) is 116 Å². The first-order chi connectivity index (χ1) is 18.9. The smallest absolute Gasteiger partial charge is 0.254 e. The molecule has 3 unspecified atom stereocenters. The number of sulfonamides is 1. The van der Waals surface area contributed by atoms with Gasteiger partial charge in [-0.15, -0.1) is 23.1 Å². The van der Waals surface area contributed by atoms with E-state index in [0.29, 0.717) is 10.9 Å². The third kappa shape index (κ3) is 7.07. The lowest BCUT2D eigenvalue weighted by atomic mass is 9.97. The monoisotopic (exact) mass is 621 g/mol. The fourth-order valence-electron chi connectivity index (χ4n) is 4.63. The predicted octanol–water partition coefficient (Wildman–Crippen LogP) is 3.96. The SMILES string of the molecule is Cc1ccccc1CNC(=O)C1N(C(=O)C(O)C(Cc2ccccc2)NS(=O)(=O)c2ccc(Cl)s2)CSC1(C)C. The molecule has 2 aromatic carbocycles. The molecule has 0 spiro atoms. The van der Waals surface area contributed by atoms with Gasteiger partial charge in [0.05, 0.1) is 16.3 Å². The van der Waals surface area contributed by atoms with Crippen molar-refractivity contribution in [2.45, 2.75) is 60.9 Å². The number of benzene rings is 2. The maximum Gasteiger partial charge on any atom is 0.254 e. The van der Waals surface area contributed by atoms with Crippen LogP contribution in [-0.4, -0.2) is 59.1 Å². The highest BCUT2D eigenvalue weighted by molar-refractivity contribution is 8.00. The zero-order chi connectivity index (χ0) is 29.1. The van der Waals surface area contributed by atoms with E-state index in [1.165, 1.54) is 28.8 Å². The van der Waals surface area contributed by atoms with Crippen LogP contribution in [0.5, 0.6) is 0 Å². The molecule has 3 aromatic rings. The van der Waals surface area contributed by atoms with Gasteiger partial charge >= 0.3 is 0 Å². The molecule has 0 aliphatic carbocycles. The Labute approximate surface area is 248 Å². The molecule has 3 N–H and O–H groups in total. The fourth-order valence-corrected chi connectivity index (χ4v) is 8.51. The van der Waals surface area contributed by atoms with E-state index in [0.717, 1.165) is 28.0 Å². The van der Waals surface area contributed by atoms with Crippen LogP contribution in [0.2, 0.25) is 4.34 Å². The first kappa shape index (κ1) is 30.5. The van der Waals surface area contributed by atoms with Crippen LogP contribution in [-0.2, 0) is 32.6 Å². The standard InChI is InChI=1S/C28H32ClN3O5S3/c1-18-9-7-8-12-20(18)16-30-26(34)25-28(2,3)38-17-32(25)27(35)24(33)21(15-19-10-5-4-6-11-19)31-40(36,37)23-14-13-22(29)39-23/h4-14,21,24-25,31,33H,15-17H2,1-3H3,(H,30,34). The summed E-state index contributed by atoms with van der Waals surface area (Å²) in [6.45, 7) is 6.01. The first-order valence-corrected chi connectivity index (χ1v) is 16.3. The van der Waals surface area contributed by atoms with E-state index in [4.69, 9.17) is 11.6 Å². The fraction of sp³-hybridized carbons (Fsp3) is 0.357. The molecule has 0 bridgehead atoms. The molecule has 1 fully saturated rings. The molecule has 0 saturated carbocycles. The van der Waals surface area contributed by atoms with E-state index >= 15 is 0 Å². The van der Waals surface area contributed by atoms with Crippen molar-refractivity contribution in [1.29, 1.82) is 0 Å². The average molecular weight is 622 g/mol. The summed E-state index contributed by atoms with van der Waals surface area (Å²) in [5.74, 6) is -0.884. The summed E-state index contributed by atoms with van der Waals surface area (Å²) >= 11 is 8.26. The Balaban J connectivity index is 1.57. The van der Waals surface area contributed by atoms with E-state index in [1.54, 1.807) is 24.3 Å². The van der Waals surface area contributed by atoms with Crippen LogP contribution in [0.15, 0.2) is 70.9 Å². The van der Waals surface area contributed by atoms with Gasteiger partial charge in [0.1, 0.15) is 16.4 Å². The summed E-state index contributed by atoms with van der Waals surface area (Å²) < 4.78 is 28.5. The number of hydrogen-bond acceptors (Lipinski definition) is 7. The first-order valence-electron chi connectivity index (χ1n) is 12.7. The van der Waals surface area contributed by atoms with E-state index < -0.39 is 38.9 Å². The number of carbonyl (C=O) groups is 2. The quantitative estimate of drug-likeness (QED) is 0.316. The van der Waals surface area contributed by atoms with Gasteiger partial charge < -0.3 is 15.3 Å². The highest BCUT2D eigenvalue weighted by Gasteiger charge is 2.50. The van der Waals surface area contributed by atoms with Gasteiger partial charge in [-0.2, -0.15) is 0 Å². The number of thioether (sulfide) groups is 1. The molecule has 3 atom stereocenters. The van der Waals surface area contributed by atoms with Crippen LogP contribution >= 0.6 is 34.7 Å². The Morgan fingerprint density at radius 1 is 1.10 bits per heavy atom. The maximum atomic E-state index is 13.8. The molecule has 4 rings (SSSR count). The lowest BCUT2D eigenvalue weighted by Crippen LogP contribution is -2.58. The van der Waals surface area contributed by atoms with Gasteiger partial charge in [0.2, 0.25) is 15.9 Å². The maximum absolute atomic E-state index is 13.8. The molecule has 0 radical (unpaired) electrons.